The minimum atomic E-state index is -0.385. The molecule has 0 spiro atoms. The van der Waals surface area contributed by atoms with Crippen LogP contribution in [0, 0.1) is 0 Å². The standard InChI is InChI=1S/C15H16O3/c16-10-13-7-12(8-15(18)9-13)2-1-11-3-5-14(17)6-4-11/h1-5,7-9,14,16-18H,6,10H2/b2-1+. The largest absolute Gasteiger partial charge is 0.508 e. The first-order valence-electron chi connectivity index (χ1n) is 5.85. The lowest BCUT2D eigenvalue weighted by Gasteiger charge is -2.07. The Hall–Kier alpha value is -1.84. The number of benzene rings is 1. The van der Waals surface area contributed by atoms with Crippen molar-refractivity contribution in [1.82, 2.24) is 0 Å². The van der Waals surface area contributed by atoms with Gasteiger partial charge in [0, 0.05) is 0 Å². The third kappa shape index (κ3) is 3.32. The fourth-order valence-corrected chi connectivity index (χ4v) is 1.83. The molecule has 0 radical (unpaired) electrons. The Balaban J connectivity index is 2.14. The first-order valence-corrected chi connectivity index (χ1v) is 5.85. The molecule has 3 N–H and O–H groups in total. The molecule has 3 heteroatoms. The zero-order chi connectivity index (χ0) is 13.0. The quantitative estimate of drug-likeness (QED) is 0.763. The van der Waals surface area contributed by atoms with E-state index in [2.05, 4.69) is 0 Å². The molecule has 1 aromatic carbocycles. The number of allylic oxidation sites excluding steroid dienone is 3. The lowest BCUT2D eigenvalue weighted by atomic mass is 10.0. The van der Waals surface area contributed by atoms with Crippen molar-refractivity contribution in [1.29, 1.82) is 0 Å². The van der Waals surface area contributed by atoms with Crippen LogP contribution in [-0.4, -0.2) is 21.4 Å². The lowest BCUT2D eigenvalue weighted by Crippen LogP contribution is -2.03. The SMILES string of the molecule is OCc1cc(O)cc(/C=C/C2=CCC(O)C=C2)c1. The van der Waals surface area contributed by atoms with Gasteiger partial charge >= 0.3 is 0 Å². The Morgan fingerprint density at radius 3 is 2.72 bits per heavy atom. The van der Waals surface area contributed by atoms with E-state index in [-0.39, 0.29) is 18.5 Å². The topological polar surface area (TPSA) is 60.7 Å². The summed E-state index contributed by atoms with van der Waals surface area (Å²) >= 11 is 0. The van der Waals surface area contributed by atoms with Crippen molar-refractivity contribution < 1.29 is 15.3 Å². The highest BCUT2D eigenvalue weighted by Gasteiger charge is 2.02. The number of aromatic hydroxyl groups is 1. The van der Waals surface area contributed by atoms with Crippen LogP contribution >= 0.6 is 0 Å². The molecular weight excluding hydrogens is 228 g/mol. The van der Waals surface area contributed by atoms with E-state index in [4.69, 9.17) is 5.11 Å². The summed E-state index contributed by atoms with van der Waals surface area (Å²) in [6.45, 7) is -0.0932. The molecule has 0 aliphatic heterocycles. The van der Waals surface area contributed by atoms with Gasteiger partial charge in [-0.3, -0.25) is 0 Å². The van der Waals surface area contributed by atoms with Crippen LogP contribution in [0.4, 0.5) is 0 Å². The van der Waals surface area contributed by atoms with Gasteiger partial charge in [0.05, 0.1) is 12.7 Å². The van der Waals surface area contributed by atoms with Crippen molar-refractivity contribution >= 4 is 6.08 Å². The van der Waals surface area contributed by atoms with Gasteiger partial charge in [-0.25, -0.2) is 0 Å². The summed E-state index contributed by atoms with van der Waals surface area (Å²) in [7, 11) is 0. The Kier molecular flexibility index (Phi) is 3.97. The molecular formula is C15H16O3. The van der Waals surface area contributed by atoms with Gasteiger partial charge in [-0.1, -0.05) is 30.4 Å². The van der Waals surface area contributed by atoms with Crippen molar-refractivity contribution in [2.45, 2.75) is 19.1 Å². The summed E-state index contributed by atoms with van der Waals surface area (Å²) in [6.07, 6.45) is 9.59. The van der Waals surface area contributed by atoms with E-state index in [9.17, 15) is 10.2 Å². The van der Waals surface area contributed by atoms with Gasteiger partial charge in [0.1, 0.15) is 5.75 Å². The Labute approximate surface area is 106 Å². The summed E-state index contributed by atoms with van der Waals surface area (Å²) in [5, 5.41) is 27.8. The molecule has 0 aromatic heterocycles. The number of rotatable bonds is 3. The van der Waals surface area contributed by atoms with Gasteiger partial charge in [0.2, 0.25) is 0 Å². The van der Waals surface area contributed by atoms with Crippen molar-refractivity contribution in [2.24, 2.45) is 0 Å². The molecule has 3 nitrogen and oxygen atoms in total. The number of phenolic OH excluding ortho intramolecular Hbond substituents is 1. The van der Waals surface area contributed by atoms with E-state index in [1.807, 2.05) is 30.4 Å². The molecule has 2 rings (SSSR count). The second-order valence-electron chi connectivity index (χ2n) is 4.29. The predicted octanol–water partition coefficient (Wildman–Crippen LogP) is 2.14. The zero-order valence-corrected chi connectivity index (χ0v) is 9.95. The van der Waals surface area contributed by atoms with Crippen LogP contribution in [0.25, 0.3) is 6.08 Å². The first kappa shape index (κ1) is 12.6. The highest BCUT2D eigenvalue weighted by molar-refractivity contribution is 5.57. The van der Waals surface area contributed by atoms with Crippen molar-refractivity contribution in [3.63, 3.8) is 0 Å². The molecule has 0 heterocycles. The Bertz CT molecular complexity index is 512. The van der Waals surface area contributed by atoms with Gasteiger partial charge in [-0.2, -0.15) is 0 Å². The minimum absolute atomic E-state index is 0.0932. The number of aliphatic hydroxyl groups is 2. The molecule has 1 unspecified atom stereocenters. The van der Waals surface area contributed by atoms with Gasteiger partial charge in [-0.15, -0.1) is 0 Å². The lowest BCUT2D eigenvalue weighted by molar-refractivity contribution is 0.225. The predicted molar refractivity (Wildman–Crippen MR) is 70.9 cm³/mol. The maximum atomic E-state index is 9.49. The third-order valence-electron chi connectivity index (χ3n) is 2.76. The van der Waals surface area contributed by atoms with Crippen LogP contribution in [0.2, 0.25) is 0 Å². The van der Waals surface area contributed by atoms with E-state index in [0.717, 1.165) is 11.1 Å². The summed E-state index contributed by atoms with van der Waals surface area (Å²) in [6, 6.07) is 4.99. The molecule has 18 heavy (non-hydrogen) atoms. The van der Waals surface area contributed by atoms with Crippen LogP contribution < -0.4 is 0 Å². The highest BCUT2D eigenvalue weighted by atomic mass is 16.3. The molecule has 1 atom stereocenters. The molecule has 0 amide bonds. The molecule has 0 saturated carbocycles. The Morgan fingerprint density at radius 2 is 2.06 bits per heavy atom. The van der Waals surface area contributed by atoms with Crippen molar-refractivity contribution in [3.8, 4) is 5.75 Å². The van der Waals surface area contributed by atoms with Gasteiger partial charge in [0.15, 0.2) is 0 Å². The van der Waals surface area contributed by atoms with Crippen LogP contribution in [0.15, 0.2) is 48.1 Å². The summed E-state index contributed by atoms with van der Waals surface area (Å²) in [4.78, 5) is 0. The molecule has 1 aromatic rings. The van der Waals surface area contributed by atoms with Gasteiger partial charge < -0.3 is 15.3 Å². The van der Waals surface area contributed by atoms with E-state index in [1.54, 1.807) is 12.1 Å². The van der Waals surface area contributed by atoms with Crippen LogP contribution in [0.3, 0.4) is 0 Å². The molecule has 1 aliphatic carbocycles. The van der Waals surface area contributed by atoms with Crippen molar-refractivity contribution in [2.75, 3.05) is 0 Å². The molecule has 94 valence electrons. The van der Waals surface area contributed by atoms with Crippen LogP contribution in [-0.2, 0) is 6.61 Å². The number of phenols is 1. The number of aliphatic hydroxyl groups excluding tert-OH is 2. The summed E-state index contributed by atoms with van der Waals surface area (Å²) in [5.74, 6) is 0.143. The zero-order valence-electron chi connectivity index (χ0n) is 9.95. The normalized spacial score (nSPS) is 19.2. The van der Waals surface area contributed by atoms with E-state index >= 15 is 0 Å². The average Bonchev–Trinajstić information content (AvgIpc) is 2.37. The molecule has 0 fully saturated rings. The van der Waals surface area contributed by atoms with Crippen molar-refractivity contribution in [3.05, 3.63) is 59.2 Å². The molecule has 1 aliphatic rings. The second-order valence-corrected chi connectivity index (χ2v) is 4.29. The van der Waals surface area contributed by atoms with E-state index in [1.165, 1.54) is 6.07 Å². The smallest absolute Gasteiger partial charge is 0.116 e. The minimum Gasteiger partial charge on any atom is -0.508 e. The third-order valence-corrected chi connectivity index (χ3v) is 2.76. The summed E-state index contributed by atoms with van der Waals surface area (Å²) < 4.78 is 0. The average molecular weight is 244 g/mol. The first-order chi connectivity index (χ1) is 8.67. The maximum absolute atomic E-state index is 9.49. The highest BCUT2D eigenvalue weighted by Crippen LogP contribution is 2.19. The van der Waals surface area contributed by atoms with E-state index in [0.29, 0.717) is 12.0 Å². The van der Waals surface area contributed by atoms with Crippen LogP contribution in [0.1, 0.15) is 17.5 Å². The monoisotopic (exact) mass is 244 g/mol. The summed E-state index contributed by atoms with van der Waals surface area (Å²) in [5.41, 5.74) is 2.53. The number of hydrogen-bond donors (Lipinski definition) is 3. The maximum Gasteiger partial charge on any atom is 0.116 e. The van der Waals surface area contributed by atoms with Gasteiger partial charge in [-0.05, 0) is 41.3 Å². The number of hydrogen-bond acceptors (Lipinski definition) is 3. The fourth-order valence-electron chi connectivity index (χ4n) is 1.83. The Morgan fingerprint density at radius 1 is 1.22 bits per heavy atom. The van der Waals surface area contributed by atoms with Crippen LogP contribution in [0.5, 0.6) is 5.75 Å². The van der Waals surface area contributed by atoms with E-state index < -0.39 is 0 Å². The second kappa shape index (κ2) is 5.67. The fraction of sp³-hybridized carbons (Fsp3) is 0.200. The molecule has 0 saturated heterocycles. The van der Waals surface area contributed by atoms with Gasteiger partial charge in [0.25, 0.3) is 0 Å². The molecule has 0 bridgehead atoms.